The molecule has 0 unspecified atom stereocenters. The lowest BCUT2D eigenvalue weighted by Crippen LogP contribution is -2.48. The summed E-state index contributed by atoms with van der Waals surface area (Å²) in [6, 6.07) is 5.19. The number of hydrogen-bond donors (Lipinski definition) is 1. The maximum Gasteiger partial charge on any atom is 0.169 e. The van der Waals surface area contributed by atoms with Gasteiger partial charge in [-0.15, -0.1) is 0 Å². The topological polar surface area (TPSA) is 28.2 Å². The number of pyridine rings is 1. The zero-order valence-electron chi connectivity index (χ0n) is 12.6. The van der Waals surface area contributed by atoms with E-state index in [-0.39, 0.29) is 0 Å². The lowest BCUT2D eigenvalue weighted by Gasteiger charge is -2.39. The van der Waals surface area contributed by atoms with Gasteiger partial charge < -0.3 is 10.2 Å². The molecule has 3 rings (SSSR count). The van der Waals surface area contributed by atoms with Gasteiger partial charge in [-0.1, -0.05) is 25.3 Å². The van der Waals surface area contributed by atoms with Crippen LogP contribution in [0.1, 0.15) is 63.0 Å². The van der Waals surface area contributed by atoms with E-state index in [4.69, 9.17) is 12.2 Å². The normalized spacial score (nSPS) is 23.8. The van der Waals surface area contributed by atoms with Crippen molar-refractivity contribution >= 4 is 17.3 Å². The summed E-state index contributed by atoms with van der Waals surface area (Å²) in [6.07, 6.45) is 14.1. The van der Waals surface area contributed by atoms with Crippen LogP contribution in [0.4, 0.5) is 0 Å². The molecule has 1 aliphatic carbocycles. The maximum atomic E-state index is 5.73. The summed E-state index contributed by atoms with van der Waals surface area (Å²) in [4.78, 5) is 6.67. The van der Waals surface area contributed by atoms with Crippen molar-refractivity contribution in [1.82, 2.24) is 15.2 Å². The lowest BCUT2D eigenvalue weighted by molar-refractivity contribution is 0.237. The Balaban J connectivity index is 1.67. The first kappa shape index (κ1) is 14.8. The van der Waals surface area contributed by atoms with Gasteiger partial charge in [0.1, 0.15) is 0 Å². The van der Waals surface area contributed by atoms with Crippen molar-refractivity contribution in [3.05, 3.63) is 30.1 Å². The molecule has 1 atom stereocenters. The van der Waals surface area contributed by atoms with Gasteiger partial charge in [0.25, 0.3) is 0 Å². The third kappa shape index (κ3) is 3.73. The first-order chi connectivity index (χ1) is 10.3. The number of nitrogens with zero attached hydrogens (tertiary/aromatic N) is 2. The second-order valence-electron chi connectivity index (χ2n) is 6.28. The van der Waals surface area contributed by atoms with Crippen molar-refractivity contribution in [3.63, 3.8) is 0 Å². The molecule has 1 N–H and O–H groups in total. The minimum atomic E-state index is 0.399. The fourth-order valence-electron chi connectivity index (χ4n) is 3.60. The van der Waals surface area contributed by atoms with Gasteiger partial charge in [-0.25, -0.2) is 0 Å². The van der Waals surface area contributed by atoms with Crippen molar-refractivity contribution in [3.8, 4) is 0 Å². The molecule has 2 aliphatic rings. The van der Waals surface area contributed by atoms with Crippen LogP contribution in [-0.2, 0) is 0 Å². The average Bonchev–Trinajstić information content (AvgIpc) is 2.56. The van der Waals surface area contributed by atoms with Gasteiger partial charge in [-0.3, -0.25) is 4.98 Å². The molecule has 1 aliphatic heterocycles. The van der Waals surface area contributed by atoms with E-state index in [1.54, 1.807) is 0 Å². The molecule has 1 aromatic heterocycles. The van der Waals surface area contributed by atoms with Crippen LogP contribution in [0.25, 0.3) is 0 Å². The number of nitrogens with one attached hydrogen (secondary N) is 1. The van der Waals surface area contributed by atoms with Crippen molar-refractivity contribution in [2.75, 3.05) is 6.54 Å². The smallest absolute Gasteiger partial charge is 0.169 e. The second kappa shape index (κ2) is 7.21. The molecule has 0 amide bonds. The Hall–Kier alpha value is -1.16. The van der Waals surface area contributed by atoms with Crippen LogP contribution in [0.15, 0.2) is 24.5 Å². The van der Waals surface area contributed by atoms with Gasteiger partial charge in [0.05, 0.1) is 6.04 Å². The van der Waals surface area contributed by atoms with E-state index in [0.717, 1.165) is 11.7 Å². The molecule has 2 fully saturated rings. The standard InChI is InChI=1S/C17H25N3S/c21-17(19-15-8-2-1-3-9-15)20-12-5-4-10-16(20)14-7-6-11-18-13-14/h6-7,11,13,15-16H,1-5,8-10,12H2,(H,19,21)/t16-/m0/s1. The van der Waals surface area contributed by atoms with E-state index in [1.165, 1.54) is 56.9 Å². The van der Waals surface area contributed by atoms with Crippen LogP contribution in [0.5, 0.6) is 0 Å². The van der Waals surface area contributed by atoms with Crippen molar-refractivity contribution in [2.45, 2.75) is 63.5 Å². The molecular weight excluding hydrogens is 278 g/mol. The van der Waals surface area contributed by atoms with Gasteiger partial charge in [0.2, 0.25) is 0 Å². The van der Waals surface area contributed by atoms with Crippen molar-refractivity contribution in [1.29, 1.82) is 0 Å². The highest BCUT2D eigenvalue weighted by molar-refractivity contribution is 7.80. The Morgan fingerprint density at radius 3 is 2.71 bits per heavy atom. The van der Waals surface area contributed by atoms with Crippen molar-refractivity contribution in [2.24, 2.45) is 0 Å². The molecular formula is C17H25N3S. The van der Waals surface area contributed by atoms with Gasteiger partial charge in [-0.2, -0.15) is 0 Å². The molecule has 0 aromatic carbocycles. The van der Waals surface area contributed by atoms with Gasteiger partial charge in [0.15, 0.2) is 5.11 Å². The Kier molecular flexibility index (Phi) is 5.07. The molecule has 0 spiro atoms. The second-order valence-corrected chi connectivity index (χ2v) is 6.66. The summed E-state index contributed by atoms with van der Waals surface area (Å²) in [6.45, 7) is 1.07. The summed E-state index contributed by atoms with van der Waals surface area (Å²) in [5.41, 5.74) is 1.30. The van der Waals surface area contributed by atoms with Crippen LogP contribution in [0.3, 0.4) is 0 Å². The molecule has 4 heteroatoms. The predicted octanol–water partition coefficient (Wildman–Crippen LogP) is 3.82. The highest BCUT2D eigenvalue weighted by Gasteiger charge is 2.27. The quantitative estimate of drug-likeness (QED) is 0.841. The molecule has 21 heavy (non-hydrogen) atoms. The molecule has 1 saturated carbocycles. The SMILES string of the molecule is S=C(NC1CCCCC1)N1CCCC[C@H]1c1cccnc1. The highest BCUT2D eigenvalue weighted by atomic mass is 32.1. The van der Waals surface area contributed by atoms with Crippen molar-refractivity contribution < 1.29 is 0 Å². The summed E-state index contributed by atoms with van der Waals surface area (Å²) < 4.78 is 0. The van der Waals surface area contributed by atoms with Gasteiger partial charge in [-0.05, 0) is 56.0 Å². The number of aromatic nitrogens is 1. The fourth-order valence-corrected chi connectivity index (χ4v) is 3.98. The van der Waals surface area contributed by atoms with Crippen LogP contribution < -0.4 is 5.32 Å². The molecule has 114 valence electrons. The lowest BCUT2D eigenvalue weighted by atomic mass is 9.95. The summed E-state index contributed by atoms with van der Waals surface area (Å²) in [5, 5.41) is 4.58. The fraction of sp³-hybridized carbons (Fsp3) is 0.647. The van der Waals surface area contributed by atoms with Crippen LogP contribution >= 0.6 is 12.2 Å². The van der Waals surface area contributed by atoms with Gasteiger partial charge in [0, 0.05) is 25.0 Å². The largest absolute Gasteiger partial charge is 0.360 e. The van der Waals surface area contributed by atoms with E-state index >= 15 is 0 Å². The predicted molar refractivity (Wildman–Crippen MR) is 90.1 cm³/mol. The van der Waals surface area contributed by atoms with Crippen LogP contribution in [0, 0.1) is 0 Å². The number of thiocarbonyl (C=S) groups is 1. The Morgan fingerprint density at radius 1 is 1.14 bits per heavy atom. The third-order valence-corrected chi connectivity index (χ3v) is 5.12. The number of hydrogen-bond acceptors (Lipinski definition) is 2. The van der Waals surface area contributed by atoms with Gasteiger partial charge >= 0.3 is 0 Å². The molecule has 1 aromatic rings. The average molecular weight is 303 g/mol. The van der Waals surface area contributed by atoms with E-state index in [0.29, 0.717) is 12.1 Å². The molecule has 2 heterocycles. The number of likely N-dealkylation sites (tertiary alicyclic amines) is 1. The monoisotopic (exact) mass is 303 g/mol. The number of rotatable bonds is 2. The maximum absolute atomic E-state index is 5.73. The molecule has 1 saturated heterocycles. The summed E-state index contributed by atoms with van der Waals surface area (Å²) in [7, 11) is 0. The highest BCUT2D eigenvalue weighted by Crippen LogP contribution is 2.30. The first-order valence-corrected chi connectivity index (χ1v) is 8.72. The first-order valence-electron chi connectivity index (χ1n) is 8.31. The zero-order chi connectivity index (χ0) is 14.5. The summed E-state index contributed by atoms with van der Waals surface area (Å²) >= 11 is 5.73. The Labute approximate surface area is 133 Å². The van der Waals surface area contributed by atoms with E-state index in [2.05, 4.69) is 21.3 Å². The Bertz CT molecular complexity index is 456. The molecule has 0 radical (unpaired) electrons. The third-order valence-electron chi connectivity index (χ3n) is 4.77. The van der Waals surface area contributed by atoms with Crippen LogP contribution in [-0.4, -0.2) is 27.6 Å². The zero-order valence-corrected chi connectivity index (χ0v) is 13.4. The van der Waals surface area contributed by atoms with E-state index in [1.807, 2.05) is 18.5 Å². The molecule has 0 bridgehead atoms. The summed E-state index contributed by atoms with van der Waals surface area (Å²) in [5.74, 6) is 0. The van der Waals surface area contributed by atoms with E-state index in [9.17, 15) is 0 Å². The van der Waals surface area contributed by atoms with Crippen LogP contribution in [0.2, 0.25) is 0 Å². The Morgan fingerprint density at radius 2 is 1.95 bits per heavy atom. The van der Waals surface area contributed by atoms with E-state index < -0.39 is 0 Å². The minimum absolute atomic E-state index is 0.399. The minimum Gasteiger partial charge on any atom is -0.360 e. The number of piperidine rings is 1. The molecule has 3 nitrogen and oxygen atoms in total.